The topological polar surface area (TPSA) is 6.48 Å². The summed E-state index contributed by atoms with van der Waals surface area (Å²) in [6.45, 7) is 0. The molecule has 0 fully saturated rings. The van der Waals surface area contributed by atoms with Crippen molar-refractivity contribution >= 4 is 45.9 Å². The molecule has 0 bridgehead atoms. The third-order valence-corrected chi connectivity index (χ3v) is 12.8. The molecule has 274 valence electrons. The molecule has 3 heteroatoms. The predicted molar refractivity (Wildman–Crippen MR) is 243 cm³/mol. The first kappa shape index (κ1) is 34.2. The zero-order chi connectivity index (χ0) is 38.5. The van der Waals surface area contributed by atoms with Gasteiger partial charge in [0.1, 0.15) is 0 Å². The van der Waals surface area contributed by atoms with Crippen molar-refractivity contribution in [3.05, 3.63) is 253 Å². The van der Waals surface area contributed by atoms with Gasteiger partial charge < -0.3 is 9.80 Å². The van der Waals surface area contributed by atoms with Gasteiger partial charge in [-0.05, 0) is 118 Å². The zero-order valence-corrected chi connectivity index (χ0v) is 32.6. The van der Waals surface area contributed by atoms with E-state index < -0.39 is 5.41 Å². The van der Waals surface area contributed by atoms with Crippen LogP contribution in [0.25, 0.3) is 22.3 Å². The molecule has 58 heavy (non-hydrogen) atoms. The summed E-state index contributed by atoms with van der Waals surface area (Å²) in [4.78, 5) is 7.32. The summed E-state index contributed by atoms with van der Waals surface area (Å²) in [7, 11) is 0. The SMILES string of the molecule is c1ccc(N(c2ccccc2)c2ccc(-c3cc4c(cc3N(c3ccccc3)c3ccccc3)C3(c5ccccc5S4)c4ccccc4-c4ccccc43)cc2)cc1. The molecule has 0 aromatic heterocycles. The van der Waals surface area contributed by atoms with Crippen LogP contribution in [0, 0.1) is 0 Å². The Morgan fingerprint density at radius 2 is 0.707 bits per heavy atom. The van der Waals surface area contributed by atoms with Crippen LogP contribution in [0.4, 0.5) is 34.1 Å². The molecule has 1 spiro atoms. The van der Waals surface area contributed by atoms with E-state index in [1.54, 1.807) is 0 Å². The average molecular weight is 759 g/mol. The minimum absolute atomic E-state index is 0.494. The molecule has 0 saturated heterocycles. The molecule has 0 saturated carbocycles. The lowest BCUT2D eigenvalue weighted by Gasteiger charge is -2.41. The van der Waals surface area contributed by atoms with Gasteiger partial charge in [-0.25, -0.2) is 0 Å². The predicted octanol–water partition coefficient (Wildman–Crippen LogP) is 15.1. The van der Waals surface area contributed by atoms with E-state index in [0.29, 0.717) is 0 Å². The molecule has 2 nitrogen and oxygen atoms in total. The van der Waals surface area contributed by atoms with Crippen molar-refractivity contribution in [3.63, 3.8) is 0 Å². The van der Waals surface area contributed by atoms with Crippen LogP contribution in [0.5, 0.6) is 0 Å². The second-order valence-electron chi connectivity index (χ2n) is 14.9. The fourth-order valence-corrected chi connectivity index (χ4v) is 10.5. The Balaban J connectivity index is 1.19. The quantitative estimate of drug-likeness (QED) is 0.160. The second kappa shape index (κ2) is 14.1. The molecule has 0 amide bonds. The summed E-state index contributed by atoms with van der Waals surface area (Å²) in [6, 6.07) is 84.1. The molecule has 0 unspecified atom stereocenters. The molecule has 0 N–H and O–H groups in total. The van der Waals surface area contributed by atoms with Crippen LogP contribution < -0.4 is 9.80 Å². The first-order valence-electron chi connectivity index (χ1n) is 19.9. The fourth-order valence-electron chi connectivity index (χ4n) is 9.28. The van der Waals surface area contributed by atoms with Crippen LogP contribution in [-0.2, 0) is 5.41 Å². The highest BCUT2D eigenvalue weighted by Gasteiger charge is 2.50. The standard InChI is InChI=1S/C55H38N2S/c1-5-19-40(20-6-1)56(41-21-7-2-8-22-41)44-35-33-39(34-36-44)47-37-54-51(38-52(47)57(42-23-9-3-10-24-42)43-25-11-4-12-26-43)55(50-31-17-18-32-53(50)58-54)48-29-15-13-27-45(48)46-28-14-16-30-49(46)55/h1-38H. The minimum Gasteiger partial charge on any atom is -0.311 e. The normalized spacial score (nSPS) is 12.9. The molecule has 2 aliphatic rings. The van der Waals surface area contributed by atoms with E-state index in [1.165, 1.54) is 48.7 Å². The van der Waals surface area contributed by atoms with Crippen molar-refractivity contribution < 1.29 is 0 Å². The van der Waals surface area contributed by atoms with Crippen molar-refractivity contribution in [3.8, 4) is 22.3 Å². The fraction of sp³-hybridized carbons (Fsp3) is 0.0182. The van der Waals surface area contributed by atoms with Crippen LogP contribution in [0.1, 0.15) is 22.3 Å². The van der Waals surface area contributed by atoms with Gasteiger partial charge in [-0.3, -0.25) is 0 Å². The summed E-state index contributed by atoms with van der Waals surface area (Å²) in [5.74, 6) is 0. The van der Waals surface area contributed by atoms with Crippen molar-refractivity contribution in [1.29, 1.82) is 0 Å². The Bertz CT molecular complexity index is 2790. The van der Waals surface area contributed by atoms with Crippen molar-refractivity contribution in [1.82, 2.24) is 0 Å². The van der Waals surface area contributed by atoms with Crippen molar-refractivity contribution in [2.24, 2.45) is 0 Å². The molecular weight excluding hydrogens is 721 g/mol. The number of fused-ring (bicyclic) bond motifs is 9. The van der Waals surface area contributed by atoms with E-state index in [1.807, 2.05) is 11.8 Å². The van der Waals surface area contributed by atoms with E-state index in [0.717, 1.165) is 39.7 Å². The van der Waals surface area contributed by atoms with Crippen molar-refractivity contribution in [2.45, 2.75) is 15.2 Å². The van der Waals surface area contributed by atoms with Gasteiger partial charge in [0.15, 0.2) is 0 Å². The number of rotatable bonds is 7. The van der Waals surface area contributed by atoms with Crippen molar-refractivity contribution in [2.75, 3.05) is 9.80 Å². The van der Waals surface area contributed by atoms with Gasteiger partial charge in [0.2, 0.25) is 0 Å². The largest absolute Gasteiger partial charge is 0.311 e. The van der Waals surface area contributed by atoms with Gasteiger partial charge in [-0.1, -0.05) is 163 Å². The highest BCUT2D eigenvalue weighted by atomic mass is 32.2. The molecule has 9 aromatic rings. The zero-order valence-electron chi connectivity index (χ0n) is 31.7. The minimum atomic E-state index is -0.494. The molecule has 9 aromatic carbocycles. The lowest BCUT2D eigenvalue weighted by molar-refractivity contribution is 0.722. The number of anilines is 6. The van der Waals surface area contributed by atoms with Gasteiger partial charge in [-0.15, -0.1) is 0 Å². The van der Waals surface area contributed by atoms with Crippen LogP contribution in [0.3, 0.4) is 0 Å². The molecule has 1 aliphatic heterocycles. The second-order valence-corrected chi connectivity index (χ2v) is 15.9. The number of benzene rings is 9. The van der Waals surface area contributed by atoms with E-state index in [9.17, 15) is 0 Å². The summed E-state index contributed by atoms with van der Waals surface area (Å²) in [5, 5.41) is 0. The highest BCUT2D eigenvalue weighted by molar-refractivity contribution is 7.99. The Morgan fingerprint density at radius 1 is 0.293 bits per heavy atom. The van der Waals surface area contributed by atoms with Gasteiger partial charge in [0.05, 0.1) is 11.1 Å². The Kier molecular flexibility index (Phi) is 8.34. The number of para-hydroxylation sites is 4. The Morgan fingerprint density at radius 3 is 1.22 bits per heavy atom. The summed E-state index contributed by atoms with van der Waals surface area (Å²) >= 11 is 1.89. The molecule has 1 aliphatic carbocycles. The first-order chi connectivity index (χ1) is 28.8. The van der Waals surface area contributed by atoms with Gasteiger partial charge in [-0.2, -0.15) is 0 Å². The third-order valence-electron chi connectivity index (χ3n) is 11.7. The molecule has 11 rings (SSSR count). The third kappa shape index (κ3) is 5.43. The maximum atomic E-state index is 2.51. The molecule has 0 atom stereocenters. The number of hydrogen-bond donors (Lipinski definition) is 0. The molecular formula is C55H38N2S. The monoisotopic (exact) mass is 758 g/mol. The van der Waals surface area contributed by atoms with Gasteiger partial charge in [0, 0.05) is 43.8 Å². The van der Waals surface area contributed by atoms with E-state index in [4.69, 9.17) is 0 Å². The van der Waals surface area contributed by atoms with E-state index in [-0.39, 0.29) is 0 Å². The molecule has 0 radical (unpaired) electrons. The van der Waals surface area contributed by atoms with E-state index in [2.05, 4.69) is 240 Å². The van der Waals surface area contributed by atoms with Crippen LogP contribution in [0.15, 0.2) is 240 Å². The van der Waals surface area contributed by atoms with E-state index >= 15 is 0 Å². The maximum absolute atomic E-state index is 2.51. The van der Waals surface area contributed by atoms with Gasteiger partial charge >= 0.3 is 0 Å². The average Bonchev–Trinajstić information content (AvgIpc) is 3.59. The Hall–Kier alpha value is -7.07. The maximum Gasteiger partial charge on any atom is 0.0736 e. The Labute approximate surface area is 344 Å². The van der Waals surface area contributed by atoms with Gasteiger partial charge in [0.25, 0.3) is 0 Å². The summed E-state index contributed by atoms with van der Waals surface area (Å²) in [6.07, 6.45) is 0. The van der Waals surface area contributed by atoms with Crippen LogP contribution >= 0.6 is 11.8 Å². The number of nitrogens with zero attached hydrogens (tertiary/aromatic N) is 2. The lowest BCUT2D eigenvalue weighted by atomic mass is 9.67. The number of hydrogen-bond acceptors (Lipinski definition) is 3. The first-order valence-corrected chi connectivity index (χ1v) is 20.7. The van der Waals surface area contributed by atoms with Crippen LogP contribution in [-0.4, -0.2) is 0 Å². The summed E-state index contributed by atoms with van der Waals surface area (Å²) in [5.41, 5.74) is 16.4. The highest BCUT2D eigenvalue weighted by Crippen LogP contribution is 2.63. The lowest BCUT2D eigenvalue weighted by Crippen LogP contribution is -2.32. The smallest absolute Gasteiger partial charge is 0.0736 e. The summed E-state index contributed by atoms with van der Waals surface area (Å²) < 4.78 is 0. The molecule has 1 heterocycles. The van der Waals surface area contributed by atoms with Crippen LogP contribution in [0.2, 0.25) is 0 Å².